The van der Waals surface area contributed by atoms with Gasteiger partial charge in [0.25, 0.3) is 0 Å². The van der Waals surface area contributed by atoms with E-state index in [-0.39, 0.29) is 17.5 Å². The van der Waals surface area contributed by atoms with Crippen LogP contribution in [0.4, 0.5) is 4.39 Å². The molecule has 0 spiro atoms. The molecule has 0 fully saturated rings. The molecule has 0 aliphatic carbocycles. The predicted molar refractivity (Wildman–Crippen MR) is 85.0 cm³/mol. The van der Waals surface area contributed by atoms with E-state index >= 15 is 0 Å². The molecule has 0 saturated heterocycles. The van der Waals surface area contributed by atoms with Crippen LogP contribution in [0.15, 0.2) is 42.1 Å². The van der Waals surface area contributed by atoms with Crippen molar-refractivity contribution in [3.05, 3.63) is 42.7 Å². The average molecular weight is 320 g/mol. The summed E-state index contributed by atoms with van der Waals surface area (Å²) >= 11 is 1.27. The fourth-order valence-electron chi connectivity index (χ4n) is 1.79. The SMILES string of the molecule is C=CCn1c(SCC(=O)N(C)C)nnc1-c1ccccc1F. The minimum atomic E-state index is -0.360. The molecule has 0 bridgehead atoms. The molecule has 116 valence electrons. The van der Waals surface area contributed by atoms with Gasteiger partial charge in [-0.2, -0.15) is 0 Å². The van der Waals surface area contributed by atoms with Crippen LogP contribution in [0.2, 0.25) is 0 Å². The van der Waals surface area contributed by atoms with Crippen LogP contribution in [0.3, 0.4) is 0 Å². The zero-order valence-corrected chi connectivity index (χ0v) is 13.3. The Kier molecular flexibility index (Phi) is 5.32. The number of nitrogens with zero attached hydrogens (tertiary/aromatic N) is 4. The van der Waals surface area contributed by atoms with Crippen molar-refractivity contribution in [3.63, 3.8) is 0 Å². The molecule has 0 unspecified atom stereocenters. The van der Waals surface area contributed by atoms with Crippen LogP contribution in [0.1, 0.15) is 0 Å². The van der Waals surface area contributed by atoms with E-state index in [1.807, 2.05) is 0 Å². The van der Waals surface area contributed by atoms with E-state index in [4.69, 9.17) is 0 Å². The highest BCUT2D eigenvalue weighted by atomic mass is 32.2. The quantitative estimate of drug-likeness (QED) is 0.606. The fourth-order valence-corrected chi connectivity index (χ4v) is 2.71. The predicted octanol–water partition coefficient (Wildman–Crippen LogP) is 2.45. The number of amides is 1. The molecule has 0 atom stereocenters. The van der Waals surface area contributed by atoms with Crippen LogP contribution in [-0.2, 0) is 11.3 Å². The molecule has 2 aromatic rings. The maximum Gasteiger partial charge on any atom is 0.232 e. The molecule has 1 aromatic carbocycles. The Morgan fingerprint density at radius 3 is 2.77 bits per heavy atom. The first-order valence-corrected chi connectivity index (χ1v) is 7.65. The molecular weight excluding hydrogens is 303 g/mol. The van der Waals surface area contributed by atoms with Gasteiger partial charge >= 0.3 is 0 Å². The summed E-state index contributed by atoms with van der Waals surface area (Å²) in [4.78, 5) is 13.2. The standard InChI is InChI=1S/C15H17FN4OS/c1-4-9-20-14(11-7-5-6-8-12(11)16)17-18-15(20)22-10-13(21)19(2)3/h4-8H,1,9-10H2,2-3H3. The maximum atomic E-state index is 14.0. The molecule has 0 N–H and O–H groups in total. The normalized spacial score (nSPS) is 10.5. The first-order valence-electron chi connectivity index (χ1n) is 6.66. The molecule has 2 rings (SSSR count). The van der Waals surface area contributed by atoms with Crippen LogP contribution in [0, 0.1) is 5.82 Å². The molecule has 0 aliphatic rings. The first-order chi connectivity index (χ1) is 10.5. The lowest BCUT2D eigenvalue weighted by molar-refractivity contribution is -0.125. The third kappa shape index (κ3) is 3.54. The molecule has 0 aliphatic heterocycles. The first kappa shape index (κ1) is 16.2. The van der Waals surface area contributed by atoms with Gasteiger partial charge in [0.15, 0.2) is 11.0 Å². The molecule has 1 aromatic heterocycles. The summed E-state index contributed by atoms with van der Waals surface area (Å²) in [5.74, 6) is 0.295. The molecular formula is C15H17FN4OS. The summed E-state index contributed by atoms with van der Waals surface area (Å²) in [7, 11) is 3.39. The van der Waals surface area contributed by atoms with E-state index in [9.17, 15) is 9.18 Å². The zero-order chi connectivity index (χ0) is 16.1. The highest BCUT2D eigenvalue weighted by Crippen LogP contribution is 2.26. The molecule has 0 radical (unpaired) electrons. The molecule has 7 heteroatoms. The van der Waals surface area contributed by atoms with Gasteiger partial charge in [-0.1, -0.05) is 30.0 Å². The van der Waals surface area contributed by atoms with Crippen molar-refractivity contribution in [1.29, 1.82) is 0 Å². The van der Waals surface area contributed by atoms with Crippen molar-refractivity contribution in [3.8, 4) is 11.4 Å². The second-order valence-corrected chi connectivity index (χ2v) is 5.70. The highest BCUT2D eigenvalue weighted by molar-refractivity contribution is 7.99. The van der Waals surface area contributed by atoms with Crippen LogP contribution in [0.25, 0.3) is 11.4 Å². The van der Waals surface area contributed by atoms with Gasteiger partial charge in [-0.25, -0.2) is 4.39 Å². The number of halogens is 1. The summed E-state index contributed by atoms with van der Waals surface area (Å²) in [6.45, 7) is 4.14. The average Bonchev–Trinajstić information content (AvgIpc) is 2.88. The minimum absolute atomic E-state index is 0.0226. The largest absolute Gasteiger partial charge is 0.348 e. The molecule has 1 heterocycles. The van der Waals surface area contributed by atoms with Crippen molar-refractivity contribution < 1.29 is 9.18 Å². The number of hydrogen-bond donors (Lipinski definition) is 0. The van der Waals surface area contributed by atoms with Gasteiger partial charge in [0.2, 0.25) is 5.91 Å². The van der Waals surface area contributed by atoms with Gasteiger partial charge in [-0.05, 0) is 12.1 Å². The Morgan fingerprint density at radius 2 is 2.14 bits per heavy atom. The van der Waals surface area contributed by atoms with Gasteiger partial charge in [0.1, 0.15) is 5.82 Å². The Bertz CT molecular complexity index is 684. The number of carbonyl (C=O) groups excluding carboxylic acids is 1. The lowest BCUT2D eigenvalue weighted by Crippen LogP contribution is -2.23. The highest BCUT2D eigenvalue weighted by Gasteiger charge is 2.17. The van der Waals surface area contributed by atoms with E-state index < -0.39 is 0 Å². The summed E-state index contributed by atoms with van der Waals surface area (Å²) in [6, 6.07) is 6.40. The van der Waals surface area contributed by atoms with Crippen LogP contribution < -0.4 is 0 Å². The molecule has 22 heavy (non-hydrogen) atoms. The number of hydrogen-bond acceptors (Lipinski definition) is 4. The lowest BCUT2D eigenvalue weighted by Gasteiger charge is -2.10. The summed E-state index contributed by atoms with van der Waals surface area (Å²) in [6.07, 6.45) is 1.69. The minimum Gasteiger partial charge on any atom is -0.348 e. The number of aromatic nitrogens is 3. The van der Waals surface area contributed by atoms with Crippen molar-refractivity contribution >= 4 is 17.7 Å². The Labute approximate surface area is 132 Å². The van der Waals surface area contributed by atoms with Gasteiger partial charge in [0, 0.05) is 20.6 Å². The summed E-state index contributed by atoms with van der Waals surface area (Å²) in [5.41, 5.74) is 0.377. The number of allylic oxidation sites excluding steroid dienone is 1. The van der Waals surface area contributed by atoms with Crippen molar-refractivity contribution in [1.82, 2.24) is 19.7 Å². The van der Waals surface area contributed by atoms with Gasteiger partial charge in [-0.3, -0.25) is 9.36 Å². The van der Waals surface area contributed by atoms with Crippen LogP contribution >= 0.6 is 11.8 Å². The maximum absolute atomic E-state index is 14.0. The van der Waals surface area contributed by atoms with Crippen molar-refractivity contribution in [2.45, 2.75) is 11.7 Å². The number of rotatable bonds is 6. The van der Waals surface area contributed by atoms with Crippen molar-refractivity contribution in [2.75, 3.05) is 19.8 Å². The number of benzene rings is 1. The smallest absolute Gasteiger partial charge is 0.232 e. The van der Waals surface area contributed by atoms with Crippen LogP contribution in [-0.4, -0.2) is 45.4 Å². The number of thioether (sulfide) groups is 1. The Hall–Kier alpha value is -2.15. The summed E-state index contributed by atoms with van der Waals surface area (Å²) < 4.78 is 15.7. The molecule has 5 nitrogen and oxygen atoms in total. The van der Waals surface area contributed by atoms with Gasteiger partial charge < -0.3 is 4.90 Å². The van der Waals surface area contributed by atoms with E-state index in [0.717, 1.165) is 0 Å². The van der Waals surface area contributed by atoms with E-state index in [1.54, 1.807) is 42.9 Å². The van der Waals surface area contributed by atoms with E-state index in [1.165, 1.54) is 22.7 Å². The van der Waals surface area contributed by atoms with Crippen LogP contribution in [0.5, 0.6) is 0 Å². The Morgan fingerprint density at radius 1 is 1.41 bits per heavy atom. The molecule has 0 saturated carbocycles. The monoisotopic (exact) mass is 320 g/mol. The second kappa shape index (κ2) is 7.22. The van der Waals surface area contributed by atoms with E-state index in [0.29, 0.717) is 23.1 Å². The molecule has 1 amide bonds. The second-order valence-electron chi connectivity index (χ2n) is 4.76. The van der Waals surface area contributed by atoms with Gasteiger partial charge in [0.05, 0.1) is 11.3 Å². The third-order valence-corrected chi connectivity index (χ3v) is 3.92. The zero-order valence-electron chi connectivity index (χ0n) is 12.5. The van der Waals surface area contributed by atoms with E-state index in [2.05, 4.69) is 16.8 Å². The Balaban J connectivity index is 2.31. The summed E-state index contributed by atoms with van der Waals surface area (Å²) in [5, 5.41) is 8.71. The van der Waals surface area contributed by atoms with Crippen molar-refractivity contribution in [2.24, 2.45) is 0 Å². The lowest BCUT2D eigenvalue weighted by atomic mass is 10.2. The van der Waals surface area contributed by atoms with Gasteiger partial charge in [-0.15, -0.1) is 16.8 Å². The number of carbonyl (C=O) groups is 1. The third-order valence-electron chi connectivity index (χ3n) is 2.97. The fraction of sp³-hybridized carbons (Fsp3) is 0.267. The topological polar surface area (TPSA) is 51.0 Å².